The number of amides is 1. The van der Waals surface area contributed by atoms with Crippen molar-refractivity contribution in [2.45, 2.75) is 23.8 Å². The first kappa shape index (κ1) is 22.9. The molecule has 2 aromatic rings. The van der Waals surface area contributed by atoms with Crippen molar-refractivity contribution >= 4 is 16.9 Å². The second kappa shape index (κ2) is 10.5. The molecule has 9 nitrogen and oxygen atoms in total. The highest BCUT2D eigenvalue weighted by molar-refractivity contribution is 7.82. The third-order valence-corrected chi connectivity index (χ3v) is 6.55. The van der Waals surface area contributed by atoms with Crippen molar-refractivity contribution in [1.29, 1.82) is 0 Å². The first-order chi connectivity index (χ1) is 15.0. The van der Waals surface area contributed by atoms with Crippen LogP contribution in [0, 0.1) is 0 Å². The van der Waals surface area contributed by atoms with E-state index in [2.05, 4.69) is 0 Å². The lowest BCUT2D eigenvalue weighted by Gasteiger charge is -2.31. The van der Waals surface area contributed by atoms with E-state index >= 15 is 0 Å². The van der Waals surface area contributed by atoms with Gasteiger partial charge in [-0.1, -0.05) is 6.07 Å². The van der Waals surface area contributed by atoms with Crippen LogP contribution in [0.15, 0.2) is 41.3 Å². The summed E-state index contributed by atoms with van der Waals surface area (Å²) in [5.74, 6) is 1.03. The average Bonchev–Trinajstić information content (AvgIpc) is 2.82. The van der Waals surface area contributed by atoms with E-state index < -0.39 is 16.9 Å². The van der Waals surface area contributed by atoms with Gasteiger partial charge in [-0.3, -0.25) is 10.0 Å². The molecule has 1 saturated heterocycles. The van der Waals surface area contributed by atoms with E-state index in [1.54, 1.807) is 29.0 Å². The van der Waals surface area contributed by atoms with Gasteiger partial charge in [-0.05, 0) is 37.1 Å². The third kappa shape index (κ3) is 5.09. The van der Waals surface area contributed by atoms with Crippen molar-refractivity contribution in [2.75, 3.05) is 34.4 Å². The maximum absolute atomic E-state index is 13.3. The van der Waals surface area contributed by atoms with Crippen LogP contribution in [-0.2, 0) is 11.0 Å². The van der Waals surface area contributed by atoms with Gasteiger partial charge >= 0.3 is 0 Å². The lowest BCUT2D eigenvalue weighted by Crippen LogP contribution is -2.39. The molecule has 0 bridgehead atoms. The number of nitrogens with zero attached hydrogens (tertiary/aromatic N) is 1. The molecule has 1 atom stereocenters. The Hall–Kier alpha value is -2.82. The molecule has 0 spiro atoms. The highest BCUT2D eigenvalue weighted by atomic mass is 32.2. The molecule has 0 aromatic heterocycles. The van der Waals surface area contributed by atoms with Gasteiger partial charge in [0, 0.05) is 19.2 Å². The number of ether oxygens (including phenoxy) is 4. The van der Waals surface area contributed by atoms with E-state index in [0.717, 1.165) is 11.5 Å². The van der Waals surface area contributed by atoms with Crippen LogP contribution in [0.3, 0.4) is 0 Å². The van der Waals surface area contributed by atoms with Crippen LogP contribution in [0.25, 0.3) is 0 Å². The third-order valence-electron chi connectivity index (χ3n) is 5.00. The smallest absolute Gasteiger partial charge is 0.279 e. The zero-order chi connectivity index (χ0) is 22.4. The standard InChI is InChI=1S/C21H26N2O7S/c1-27-15-5-4-6-16(13-15)30-14-9-11-23(12-10-14)31(26)18-8-7-17(28-2)20(29-3)19(18)21(24)22-25/h4-8,13-14,25H,9-12H2,1-3H3,(H,22,24). The van der Waals surface area contributed by atoms with Gasteiger partial charge in [-0.25, -0.2) is 14.0 Å². The van der Waals surface area contributed by atoms with Crippen LogP contribution in [0.2, 0.25) is 0 Å². The van der Waals surface area contributed by atoms with E-state index in [-0.39, 0.29) is 22.3 Å². The van der Waals surface area contributed by atoms with Crippen molar-refractivity contribution < 1.29 is 33.2 Å². The normalized spacial score (nSPS) is 15.7. The van der Waals surface area contributed by atoms with Crippen molar-refractivity contribution in [3.8, 4) is 23.0 Å². The zero-order valence-electron chi connectivity index (χ0n) is 17.6. The number of benzene rings is 2. The van der Waals surface area contributed by atoms with Gasteiger partial charge in [-0.15, -0.1) is 0 Å². The Morgan fingerprint density at radius 3 is 2.39 bits per heavy atom. The van der Waals surface area contributed by atoms with E-state index in [1.165, 1.54) is 14.2 Å². The molecule has 1 heterocycles. The van der Waals surface area contributed by atoms with Crippen LogP contribution < -0.4 is 24.4 Å². The molecule has 1 fully saturated rings. The Kier molecular flexibility index (Phi) is 7.72. The highest BCUT2D eigenvalue weighted by Gasteiger charge is 2.30. The van der Waals surface area contributed by atoms with Crippen molar-refractivity contribution in [2.24, 2.45) is 0 Å². The Morgan fingerprint density at radius 1 is 1.06 bits per heavy atom. The maximum atomic E-state index is 13.3. The van der Waals surface area contributed by atoms with Gasteiger partial charge in [0.1, 0.15) is 34.2 Å². The lowest BCUT2D eigenvalue weighted by atomic mass is 10.1. The molecule has 1 aliphatic rings. The molecule has 3 rings (SSSR count). The maximum Gasteiger partial charge on any atom is 0.279 e. The molecule has 2 aromatic carbocycles. The SMILES string of the molecule is COc1cccc(OC2CCN(S(=O)c3ccc(OC)c(OC)c3C(=O)NO)CC2)c1. The molecule has 0 saturated carbocycles. The Bertz CT molecular complexity index is 945. The molecule has 1 aliphatic heterocycles. The first-order valence-electron chi connectivity index (χ1n) is 9.69. The number of nitrogens with one attached hydrogen (secondary N) is 1. The van der Waals surface area contributed by atoms with E-state index in [9.17, 15) is 9.00 Å². The minimum absolute atomic E-state index is 0.0222. The summed E-state index contributed by atoms with van der Waals surface area (Å²) in [6.07, 6.45) is 1.31. The van der Waals surface area contributed by atoms with Gasteiger partial charge in [-0.2, -0.15) is 0 Å². The second-order valence-electron chi connectivity index (χ2n) is 6.79. The number of hydroxylamine groups is 1. The largest absolute Gasteiger partial charge is 0.497 e. The molecule has 168 valence electrons. The Labute approximate surface area is 183 Å². The fraction of sp³-hybridized carbons (Fsp3) is 0.381. The molecule has 2 N–H and O–H groups in total. The minimum atomic E-state index is -1.64. The molecular formula is C21H26N2O7S. The fourth-order valence-corrected chi connectivity index (χ4v) is 4.81. The van der Waals surface area contributed by atoms with Crippen LogP contribution in [0.1, 0.15) is 23.2 Å². The molecule has 0 aliphatic carbocycles. The molecule has 0 radical (unpaired) electrons. The molecule has 1 amide bonds. The van der Waals surface area contributed by atoms with Crippen molar-refractivity contribution in [3.63, 3.8) is 0 Å². The summed E-state index contributed by atoms with van der Waals surface area (Å²) in [5, 5.41) is 9.17. The number of hydrogen-bond donors (Lipinski definition) is 2. The second-order valence-corrected chi connectivity index (χ2v) is 8.24. The van der Waals surface area contributed by atoms with E-state index in [1.807, 2.05) is 24.3 Å². The average molecular weight is 451 g/mol. The Morgan fingerprint density at radius 2 is 1.77 bits per heavy atom. The van der Waals surface area contributed by atoms with E-state index in [4.69, 9.17) is 24.2 Å². The zero-order valence-corrected chi connectivity index (χ0v) is 18.4. The van der Waals surface area contributed by atoms with Crippen LogP contribution in [-0.4, -0.2) is 60.2 Å². The molecule has 1 unspecified atom stereocenters. The number of rotatable bonds is 8. The number of piperidine rings is 1. The van der Waals surface area contributed by atoms with Gasteiger partial charge in [0.25, 0.3) is 5.91 Å². The Balaban J connectivity index is 1.74. The lowest BCUT2D eigenvalue weighted by molar-refractivity contribution is 0.0698. The summed E-state index contributed by atoms with van der Waals surface area (Å²) >= 11 is 0. The van der Waals surface area contributed by atoms with Gasteiger partial charge < -0.3 is 18.9 Å². The predicted molar refractivity (Wildman–Crippen MR) is 113 cm³/mol. The summed E-state index contributed by atoms with van der Waals surface area (Å²) in [7, 11) is 2.77. The van der Waals surface area contributed by atoms with E-state index in [0.29, 0.717) is 31.7 Å². The predicted octanol–water partition coefficient (Wildman–Crippen LogP) is 2.40. The monoisotopic (exact) mass is 450 g/mol. The minimum Gasteiger partial charge on any atom is -0.497 e. The fourth-order valence-electron chi connectivity index (χ4n) is 3.45. The van der Waals surface area contributed by atoms with Crippen LogP contribution >= 0.6 is 0 Å². The number of carbonyl (C=O) groups is 1. The van der Waals surface area contributed by atoms with Crippen molar-refractivity contribution in [3.05, 3.63) is 42.0 Å². The summed E-state index contributed by atoms with van der Waals surface area (Å²) in [6.45, 7) is 1.02. The number of methoxy groups -OCH3 is 3. The summed E-state index contributed by atoms with van der Waals surface area (Å²) in [5.41, 5.74) is 1.56. The highest BCUT2D eigenvalue weighted by Crippen LogP contribution is 2.36. The van der Waals surface area contributed by atoms with Crippen molar-refractivity contribution in [1.82, 2.24) is 9.79 Å². The summed E-state index contributed by atoms with van der Waals surface area (Å²) < 4.78 is 36.8. The summed E-state index contributed by atoms with van der Waals surface area (Å²) in [6, 6.07) is 10.5. The molecular weight excluding hydrogens is 424 g/mol. The van der Waals surface area contributed by atoms with Crippen LogP contribution in [0.4, 0.5) is 0 Å². The van der Waals surface area contributed by atoms with Gasteiger partial charge in [0.2, 0.25) is 0 Å². The molecule has 31 heavy (non-hydrogen) atoms. The topological polar surface area (TPSA) is 107 Å². The number of carbonyl (C=O) groups excluding carboxylic acids is 1. The summed E-state index contributed by atoms with van der Waals surface area (Å²) in [4.78, 5) is 12.5. The molecule has 10 heteroatoms. The quantitative estimate of drug-likeness (QED) is 0.470. The first-order valence-corrected chi connectivity index (χ1v) is 10.8. The number of hydrogen-bond acceptors (Lipinski definition) is 7. The van der Waals surface area contributed by atoms with Crippen LogP contribution in [0.5, 0.6) is 23.0 Å². The van der Waals surface area contributed by atoms with Gasteiger partial charge in [0.15, 0.2) is 11.5 Å². The van der Waals surface area contributed by atoms with Gasteiger partial charge in [0.05, 0.1) is 26.2 Å².